The van der Waals surface area contributed by atoms with Gasteiger partial charge < -0.3 is 9.64 Å². The number of anilines is 2. The molecule has 200 valence electrons. The Kier molecular flexibility index (Phi) is 7.97. The third-order valence-electron chi connectivity index (χ3n) is 6.94. The largest absolute Gasteiger partial charge is 0.454 e. The van der Waals surface area contributed by atoms with Crippen molar-refractivity contribution in [1.82, 2.24) is 4.90 Å². The van der Waals surface area contributed by atoms with Crippen molar-refractivity contribution in [3.63, 3.8) is 0 Å². The molecule has 2 aliphatic heterocycles. The highest BCUT2D eigenvalue weighted by Gasteiger charge is 2.43. The predicted octanol–water partition coefficient (Wildman–Crippen LogP) is 4.49. The average Bonchev–Trinajstić information content (AvgIpc) is 3.27. The van der Waals surface area contributed by atoms with Crippen LogP contribution in [-0.4, -0.2) is 67.3 Å². The molecule has 2 saturated heterocycles. The number of benzene rings is 3. The summed E-state index contributed by atoms with van der Waals surface area (Å²) in [6, 6.07) is 20.0. The Hall–Kier alpha value is -3.72. The van der Waals surface area contributed by atoms with E-state index in [1.165, 1.54) is 47.4 Å². The Morgan fingerprint density at radius 1 is 0.795 bits per heavy atom. The minimum atomic E-state index is -0.705. The highest BCUT2D eigenvalue weighted by molar-refractivity contribution is 6.42. The van der Waals surface area contributed by atoms with E-state index in [4.69, 9.17) is 27.9 Å². The topological polar surface area (TPSA) is 87.2 Å². The molecule has 5 rings (SSSR count). The molecule has 2 aliphatic rings. The van der Waals surface area contributed by atoms with E-state index in [0.717, 1.165) is 18.8 Å². The van der Waals surface area contributed by atoms with Gasteiger partial charge in [-0.1, -0.05) is 41.4 Å². The lowest BCUT2D eigenvalue weighted by Crippen LogP contribution is -2.52. The van der Waals surface area contributed by atoms with Crippen molar-refractivity contribution >= 4 is 58.1 Å². The molecule has 0 bridgehead atoms. The van der Waals surface area contributed by atoms with Crippen LogP contribution in [0.3, 0.4) is 0 Å². The van der Waals surface area contributed by atoms with Crippen molar-refractivity contribution in [2.45, 2.75) is 12.5 Å². The first-order chi connectivity index (χ1) is 18.8. The van der Waals surface area contributed by atoms with Gasteiger partial charge in [-0.25, -0.2) is 9.69 Å². The van der Waals surface area contributed by atoms with Crippen LogP contribution in [0.2, 0.25) is 10.0 Å². The number of hydrogen-bond donors (Lipinski definition) is 0. The molecule has 3 aromatic rings. The molecule has 1 unspecified atom stereocenters. The number of para-hydroxylation sites is 1. The molecule has 1 atom stereocenters. The summed E-state index contributed by atoms with van der Waals surface area (Å²) in [4.78, 5) is 56.4. The van der Waals surface area contributed by atoms with Gasteiger partial charge in [0.2, 0.25) is 5.91 Å². The van der Waals surface area contributed by atoms with E-state index in [0.29, 0.717) is 23.8 Å². The highest BCUT2D eigenvalue weighted by atomic mass is 35.5. The average molecular weight is 566 g/mol. The summed E-state index contributed by atoms with van der Waals surface area (Å²) in [5.74, 6) is -1.68. The van der Waals surface area contributed by atoms with Gasteiger partial charge in [0, 0.05) is 37.4 Å². The summed E-state index contributed by atoms with van der Waals surface area (Å²) in [5, 5.41) is 0.546. The zero-order valence-corrected chi connectivity index (χ0v) is 22.4. The Morgan fingerprint density at radius 3 is 2.13 bits per heavy atom. The van der Waals surface area contributed by atoms with Gasteiger partial charge in [0.1, 0.15) is 0 Å². The minimum absolute atomic E-state index is 0.116. The molecule has 0 aromatic heterocycles. The van der Waals surface area contributed by atoms with Crippen molar-refractivity contribution in [3.05, 3.63) is 94.0 Å². The number of rotatable bonds is 7. The summed E-state index contributed by atoms with van der Waals surface area (Å²) in [6.45, 7) is 2.43. The second kappa shape index (κ2) is 11.6. The first-order valence-corrected chi connectivity index (χ1v) is 13.2. The van der Waals surface area contributed by atoms with E-state index in [1.807, 2.05) is 18.2 Å². The molecule has 10 heteroatoms. The molecular weight excluding hydrogens is 541 g/mol. The number of ketones is 1. The standard InChI is InChI=1S/C29H25Cl2N3O5/c30-23-11-8-20(16-24(23)31)26(35)18-39-29(38)19-6-9-22(10-7-19)34-27(36)17-25(28(34)37)33-14-12-32(13-15-33)21-4-2-1-3-5-21/h1-11,16,25H,12-15,17-18H2. The summed E-state index contributed by atoms with van der Waals surface area (Å²) >= 11 is 11.8. The van der Waals surface area contributed by atoms with Crippen LogP contribution in [0.5, 0.6) is 0 Å². The van der Waals surface area contributed by atoms with Crippen LogP contribution in [-0.2, 0) is 14.3 Å². The third kappa shape index (κ3) is 5.83. The van der Waals surface area contributed by atoms with Crippen molar-refractivity contribution in [1.29, 1.82) is 0 Å². The van der Waals surface area contributed by atoms with Crippen LogP contribution < -0.4 is 9.80 Å². The Labute approximate surface area is 235 Å². The molecule has 8 nitrogen and oxygen atoms in total. The van der Waals surface area contributed by atoms with E-state index in [-0.39, 0.29) is 34.4 Å². The third-order valence-corrected chi connectivity index (χ3v) is 7.68. The van der Waals surface area contributed by atoms with Gasteiger partial charge in [-0.2, -0.15) is 0 Å². The van der Waals surface area contributed by atoms with Gasteiger partial charge in [-0.05, 0) is 54.6 Å². The fourth-order valence-corrected chi connectivity index (χ4v) is 5.12. The molecule has 0 spiro atoms. The van der Waals surface area contributed by atoms with Gasteiger partial charge in [0.25, 0.3) is 5.91 Å². The summed E-state index contributed by atoms with van der Waals surface area (Å²) < 4.78 is 5.14. The highest BCUT2D eigenvalue weighted by Crippen LogP contribution is 2.28. The Bertz CT molecular complexity index is 1410. The fraction of sp³-hybridized carbons (Fsp3) is 0.241. The zero-order chi connectivity index (χ0) is 27.5. The summed E-state index contributed by atoms with van der Waals surface area (Å²) in [7, 11) is 0. The van der Waals surface area contributed by atoms with Crippen LogP contribution in [0.1, 0.15) is 27.1 Å². The molecule has 3 aromatic carbocycles. The molecule has 0 aliphatic carbocycles. The lowest BCUT2D eigenvalue weighted by Gasteiger charge is -2.38. The molecule has 2 fully saturated rings. The van der Waals surface area contributed by atoms with Crippen LogP contribution in [0.15, 0.2) is 72.8 Å². The second-order valence-corrected chi connectivity index (χ2v) is 10.1. The Morgan fingerprint density at radius 2 is 1.46 bits per heavy atom. The van der Waals surface area contributed by atoms with Crippen LogP contribution in [0, 0.1) is 0 Å². The summed E-state index contributed by atoms with van der Waals surface area (Å²) in [5.41, 5.74) is 1.99. The minimum Gasteiger partial charge on any atom is -0.454 e. The van der Waals surface area contributed by atoms with Gasteiger partial charge in [-0.15, -0.1) is 0 Å². The molecule has 2 amide bonds. The Balaban J connectivity index is 1.17. The fourth-order valence-electron chi connectivity index (χ4n) is 4.82. The van der Waals surface area contributed by atoms with Gasteiger partial charge in [-0.3, -0.25) is 19.3 Å². The van der Waals surface area contributed by atoms with Crippen LogP contribution in [0.25, 0.3) is 0 Å². The zero-order valence-electron chi connectivity index (χ0n) is 20.9. The van der Waals surface area contributed by atoms with Crippen LogP contribution >= 0.6 is 23.2 Å². The maximum atomic E-state index is 13.2. The maximum Gasteiger partial charge on any atom is 0.338 e. The van der Waals surface area contributed by atoms with E-state index >= 15 is 0 Å². The van der Waals surface area contributed by atoms with Gasteiger partial charge in [0.15, 0.2) is 12.4 Å². The quantitative estimate of drug-likeness (QED) is 0.237. The van der Waals surface area contributed by atoms with Crippen molar-refractivity contribution in [3.8, 4) is 0 Å². The second-order valence-electron chi connectivity index (χ2n) is 9.32. The lowest BCUT2D eigenvalue weighted by atomic mass is 10.1. The normalized spacial score (nSPS) is 17.9. The SMILES string of the molecule is O=C(COC(=O)c1ccc(N2C(=O)CC(N3CCN(c4ccccc4)CC3)C2=O)cc1)c1ccc(Cl)c(Cl)c1. The smallest absolute Gasteiger partial charge is 0.338 e. The molecule has 0 N–H and O–H groups in total. The monoisotopic (exact) mass is 565 g/mol. The van der Waals surface area contributed by atoms with E-state index in [9.17, 15) is 19.2 Å². The molecule has 2 heterocycles. The van der Waals surface area contributed by atoms with Gasteiger partial charge in [0.05, 0.1) is 33.8 Å². The van der Waals surface area contributed by atoms with Crippen LogP contribution in [0.4, 0.5) is 11.4 Å². The number of ether oxygens (including phenoxy) is 1. The van der Waals surface area contributed by atoms with Gasteiger partial charge >= 0.3 is 5.97 Å². The molecular formula is C29H25Cl2N3O5. The van der Waals surface area contributed by atoms with Crippen molar-refractivity contribution in [2.24, 2.45) is 0 Å². The number of imide groups is 1. The van der Waals surface area contributed by atoms with Crippen molar-refractivity contribution < 1.29 is 23.9 Å². The molecule has 39 heavy (non-hydrogen) atoms. The van der Waals surface area contributed by atoms with E-state index < -0.39 is 24.4 Å². The number of hydrogen-bond acceptors (Lipinski definition) is 7. The number of piperazine rings is 1. The first kappa shape index (κ1) is 26.9. The lowest BCUT2D eigenvalue weighted by molar-refractivity contribution is -0.123. The first-order valence-electron chi connectivity index (χ1n) is 12.5. The number of Topliss-reactive ketones (excluding diaryl/α,β-unsaturated/α-hetero) is 1. The summed E-state index contributed by atoms with van der Waals surface area (Å²) in [6.07, 6.45) is 0.116. The van der Waals surface area contributed by atoms with Crippen molar-refractivity contribution in [2.75, 3.05) is 42.6 Å². The number of esters is 1. The number of halogens is 2. The predicted molar refractivity (Wildman–Crippen MR) is 149 cm³/mol. The molecule has 0 radical (unpaired) electrons. The number of carbonyl (C=O) groups excluding carboxylic acids is 4. The number of amides is 2. The van der Waals surface area contributed by atoms with E-state index in [2.05, 4.69) is 21.9 Å². The molecule has 0 saturated carbocycles. The number of nitrogens with zero attached hydrogens (tertiary/aromatic N) is 3. The maximum absolute atomic E-state index is 13.2. The van der Waals surface area contributed by atoms with E-state index in [1.54, 1.807) is 0 Å². The number of carbonyl (C=O) groups is 4.